The van der Waals surface area contributed by atoms with Gasteiger partial charge in [0.1, 0.15) is 11.6 Å². The molecule has 25 heavy (non-hydrogen) atoms. The van der Waals surface area contributed by atoms with Crippen molar-refractivity contribution >= 4 is 5.69 Å². The number of nitrogens with one attached hydrogen (secondary N) is 1. The van der Waals surface area contributed by atoms with Crippen LogP contribution in [0.25, 0.3) is 0 Å². The Labute approximate surface area is 148 Å². The first-order valence-electron chi connectivity index (χ1n) is 9.16. The van der Waals surface area contributed by atoms with Gasteiger partial charge in [-0.15, -0.1) is 0 Å². The fourth-order valence-corrected chi connectivity index (χ4v) is 3.52. The molecule has 0 saturated carbocycles. The van der Waals surface area contributed by atoms with Crippen LogP contribution in [0.15, 0.2) is 48.5 Å². The number of anilines is 1. The van der Waals surface area contributed by atoms with Crippen LogP contribution in [0, 0.1) is 17.6 Å². The molecule has 0 unspecified atom stereocenters. The first-order valence-corrected chi connectivity index (χ1v) is 9.16. The number of nitrogens with zero attached hydrogens (tertiary/aromatic N) is 1. The summed E-state index contributed by atoms with van der Waals surface area (Å²) in [4.78, 5) is 2.49. The Morgan fingerprint density at radius 3 is 2.48 bits per heavy atom. The molecule has 1 N–H and O–H groups in total. The number of hydrogen-bond acceptors (Lipinski definition) is 2. The molecule has 0 amide bonds. The van der Waals surface area contributed by atoms with Crippen molar-refractivity contribution in [3.63, 3.8) is 0 Å². The maximum Gasteiger partial charge on any atom is 0.149 e. The van der Waals surface area contributed by atoms with Gasteiger partial charge >= 0.3 is 0 Å². The van der Waals surface area contributed by atoms with Crippen LogP contribution in [0.5, 0.6) is 0 Å². The zero-order valence-electron chi connectivity index (χ0n) is 14.6. The second kappa shape index (κ2) is 8.95. The van der Waals surface area contributed by atoms with Gasteiger partial charge in [0, 0.05) is 12.6 Å². The third-order valence-electron chi connectivity index (χ3n) is 4.97. The molecule has 0 bridgehead atoms. The Morgan fingerprint density at radius 1 is 1.00 bits per heavy atom. The summed E-state index contributed by atoms with van der Waals surface area (Å²) in [5, 5.41) is 3.05. The number of piperidine rings is 1. The summed E-state index contributed by atoms with van der Waals surface area (Å²) in [5.41, 5.74) is 1.81. The average Bonchev–Trinajstić information content (AvgIpc) is 2.62. The second-order valence-electron chi connectivity index (χ2n) is 6.88. The van der Waals surface area contributed by atoms with Crippen molar-refractivity contribution in [2.75, 3.05) is 31.5 Å². The van der Waals surface area contributed by atoms with E-state index in [-0.39, 0.29) is 0 Å². The van der Waals surface area contributed by atoms with E-state index in [1.54, 1.807) is 0 Å². The largest absolute Gasteiger partial charge is 0.383 e. The van der Waals surface area contributed by atoms with Crippen LogP contribution in [0.2, 0.25) is 0 Å². The van der Waals surface area contributed by atoms with Crippen LogP contribution in [0.1, 0.15) is 24.8 Å². The second-order valence-corrected chi connectivity index (χ2v) is 6.88. The van der Waals surface area contributed by atoms with Crippen molar-refractivity contribution in [2.24, 2.45) is 5.92 Å². The zero-order valence-corrected chi connectivity index (χ0v) is 14.6. The predicted octanol–water partition coefficient (Wildman–Crippen LogP) is 4.72. The van der Waals surface area contributed by atoms with Crippen molar-refractivity contribution < 1.29 is 8.78 Å². The molecule has 1 saturated heterocycles. The maximum absolute atomic E-state index is 13.5. The van der Waals surface area contributed by atoms with E-state index in [1.807, 2.05) is 0 Å². The monoisotopic (exact) mass is 344 g/mol. The van der Waals surface area contributed by atoms with Crippen molar-refractivity contribution in [1.29, 1.82) is 0 Å². The van der Waals surface area contributed by atoms with Gasteiger partial charge in [0.05, 0.1) is 5.69 Å². The van der Waals surface area contributed by atoms with E-state index in [2.05, 4.69) is 40.5 Å². The summed E-state index contributed by atoms with van der Waals surface area (Å²) in [7, 11) is 0. The Morgan fingerprint density at radius 2 is 1.76 bits per heavy atom. The normalized spacial score (nSPS) is 16.1. The molecule has 4 heteroatoms. The Bertz CT molecular complexity index is 652. The fraction of sp³-hybridized carbons (Fsp3) is 0.429. The van der Waals surface area contributed by atoms with E-state index in [0.29, 0.717) is 12.2 Å². The van der Waals surface area contributed by atoms with Crippen molar-refractivity contribution in [1.82, 2.24) is 4.90 Å². The molecule has 2 aromatic carbocycles. The lowest BCUT2D eigenvalue weighted by Gasteiger charge is -2.32. The van der Waals surface area contributed by atoms with Gasteiger partial charge in [0.2, 0.25) is 0 Å². The third kappa shape index (κ3) is 5.53. The van der Waals surface area contributed by atoms with Crippen molar-refractivity contribution in [3.05, 3.63) is 65.7 Å². The molecular formula is C21H26F2N2. The molecule has 1 fully saturated rings. The van der Waals surface area contributed by atoms with Gasteiger partial charge in [-0.05, 0) is 68.9 Å². The standard InChI is InChI=1S/C21H26F2N2/c22-19-7-8-21(20(23)16-19)24-11-4-12-25-13-9-18(10-14-25)15-17-5-2-1-3-6-17/h1-3,5-8,16,18,24H,4,9-15H2. The maximum atomic E-state index is 13.5. The molecule has 2 aromatic rings. The van der Waals surface area contributed by atoms with Gasteiger partial charge in [0.15, 0.2) is 0 Å². The van der Waals surface area contributed by atoms with Gasteiger partial charge in [-0.1, -0.05) is 30.3 Å². The molecule has 0 radical (unpaired) electrons. The molecule has 0 aliphatic carbocycles. The zero-order chi connectivity index (χ0) is 17.5. The quantitative estimate of drug-likeness (QED) is 0.731. The minimum Gasteiger partial charge on any atom is -0.383 e. The van der Waals surface area contributed by atoms with Crippen molar-refractivity contribution in [3.8, 4) is 0 Å². The highest BCUT2D eigenvalue weighted by Crippen LogP contribution is 2.22. The minimum absolute atomic E-state index is 0.378. The molecular weight excluding hydrogens is 318 g/mol. The SMILES string of the molecule is Fc1ccc(NCCCN2CCC(Cc3ccccc3)CC2)c(F)c1. The van der Waals surface area contributed by atoms with E-state index in [1.165, 1.54) is 37.0 Å². The first-order chi connectivity index (χ1) is 12.2. The highest BCUT2D eigenvalue weighted by atomic mass is 19.1. The van der Waals surface area contributed by atoms with Gasteiger partial charge < -0.3 is 10.2 Å². The Hall–Kier alpha value is -1.94. The molecule has 0 spiro atoms. The fourth-order valence-electron chi connectivity index (χ4n) is 3.52. The van der Waals surface area contributed by atoms with Gasteiger partial charge in [0.25, 0.3) is 0 Å². The lowest BCUT2D eigenvalue weighted by molar-refractivity contribution is 0.183. The van der Waals surface area contributed by atoms with Crippen LogP contribution in [-0.2, 0) is 6.42 Å². The predicted molar refractivity (Wildman–Crippen MR) is 98.8 cm³/mol. The smallest absolute Gasteiger partial charge is 0.149 e. The lowest BCUT2D eigenvalue weighted by atomic mass is 9.90. The van der Waals surface area contributed by atoms with Gasteiger partial charge in [-0.25, -0.2) is 8.78 Å². The van der Waals surface area contributed by atoms with Crippen LogP contribution in [-0.4, -0.2) is 31.1 Å². The van der Waals surface area contributed by atoms with E-state index in [0.717, 1.165) is 38.0 Å². The number of likely N-dealkylation sites (tertiary alicyclic amines) is 1. The third-order valence-corrected chi connectivity index (χ3v) is 4.97. The van der Waals surface area contributed by atoms with E-state index in [9.17, 15) is 8.78 Å². The minimum atomic E-state index is -0.540. The molecule has 0 atom stereocenters. The average molecular weight is 344 g/mol. The van der Waals surface area contributed by atoms with Gasteiger partial charge in [-0.2, -0.15) is 0 Å². The highest BCUT2D eigenvalue weighted by molar-refractivity contribution is 5.44. The number of hydrogen-bond donors (Lipinski definition) is 1. The number of benzene rings is 2. The summed E-state index contributed by atoms with van der Waals surface area (Å²) >= 11 is 0. The molecule has 1 aliphatic heterocycles. The van der Waals surface area contributed by atoms with E-state index < -0.39 is 11.6 Å². The van der Waals surface area contributed by atoms with Crippen LogP contribution >= 0.6 is 0 Å². The molecule has 3 rings (SSSR count). The van der Waals surface area contributed by atoms with Crippen LogP contribution in [0.4, 0.5) is 14.5 Å². The molecule has 1 aliphatic rings. The summed E-state index contributed by atoms with van der Waals surface area (Å²) in [5.74, 6) is -0.284. The highest BCUT2D eigenvalue weighted by Gasteiger charge is 2.18. The number of halogens is 2. The van der Waals surface area contributed by atoms with Crippen molar-refractivity contribution in [2.45, 2.75) is 25.7 Å². The summed E-state index contributed by atoms with van der Waals surface area (Å²) in [6, 6.07) is 14.4. The molecule has 1 heterocycles. The van der Waals surface area contributed by atoms with Crippen LogP contribution < -0.4 is 5.32 Å². The topological polar surface area (TPSA) is 15.3 Å². The lowest BCUT2D eigenvalue weighted by Crippen LogP contribution is -2.35. The summed E-state index contributed by atoms with van der Waals surface area (Å²) in [6.07, 6.45) is 4.63. The Kier molecular flexibility index (Phi) is 6.40. The molecule has 2 nitrogen and oxygen atoms in total. The number of rotatable bonds is 7. The summed E-state index contributed by atoms with van der Waals surface area (Å²) < 4.78 is 26.4. The van der Waals surface area contributed by atoms with Crippen LogP contribution in [0.3, 0.4) is 0 Å². The summed E-state index contributed by atoms with van der Waals surface area (Å²) in [6.45, 7) is 4.01. The van der Waals surface area contributed by atoms with E-state index in [4.69, 9.17) is 0 Å². The van der Waals surface area contributed by atoms with Gasteiger partial charge in [-0.3, -0.25) is 0 Å². The molecule has 134 valence electrons. The Balaban J connectivity index is 1.33. The first kappa shape index (κ1) is 17.9. The van der Waals surface area contributed by atoms with E-state index >= 15 is 0 Å². The molecule has 0 aromatic heterocycles.